The van der Waals surface area contributed by atoms with E-state index in [1.807, 2.05) is 4.90 Å². The van der Waals surface area contributed by atoms with E-state index < -0.39 is 0 Å². The fourth-order valence-corrected chi connectivity index (χ4v) is 2.20. The van der Waals surface area contributed by atoms with Crippen molar-refractivity contribution in [2.45, 2.75) is 19.3 Å². The van der Waals surface area contributed by atoms with Crippen molar-refractivity contribution < 1.29 is 9.53 Å². The van der Waals surface area contributed by atoms with Crippen LogP contribution in [0.2, 0.25) is 0 Å². The Hall–Kier alpha value is -0.870. The molecule has 0 saturated heterocycles. The first-order valence-corrected chi connectivity index (χ1v) is 5.88. The number of ether oxygens (including phenoxy) is 1. The summed E-state index contributed by atoms with van der Waals surface area (Å²) in [7, 11) is 1.70. The van der Waals surface area contributed by atoms with E-state index in [2.05, 4.69) is 6.08 Å². The molecule has 1 aliphatic heterocycles. The minimum Gasteiger partial charge on any atom is -0.380 e. The Morgan fingerprint density at radius 2 is 2.38 bits per heavy atom. The molecule has 1 fully saturated rings. The van der Waals surface area contributed by atoms with Crippen LogP contribution in [0.5, 0.6) is 0 Å². The Morgan fingerprint density at radius 3 is 2.81 bits per heavy atom. The van der Waals surface area contributed by atoms with Gasteiger partial charge in [-0.3, -0.25) is 4.79 Å². The first-order valence-electron chi connectivity index (χ1n) is 5.88. The van der Waals surface area contributed by atoms with Gasteiger partial charge < -0.3 is 15.4 Å². The minimum absolute atomic E-state index is 0.202. The molecule has 4 heteroatoms. The van der Waals surface area contributed by atoms with Gasteiger partial charge in [-0.25, -0.2) is 0 Å². The Balaban J connectivity index is 1.92. The van der Waals surface area contributed by atoms with E-state index in [1.165, 1.54) is 5.57 Å². The van der Waals surface area contributed by atoms with Gasteiger partial charge in [0.1, 0.15) is 0 Å². The van der Waals surface area contributed by atoms with Gasteiger partial charge in [0.2, 0.25) is 5.91 Å². The lowest BCUT2D eigenvalue weighted by atomic mass is 10.0. The number of hydrogen-bond acceptors (Lipinski definition) is 3. The highest BCUT2D eigenvalue weighted by Gasteiger charge is 2.50. The Morgan fingerprint density at radius 1 is 1.62 bits per heavy atom. The average Bonchev–Trinajstić information content (AvgIpc) is 3.10. The van der Waals surface area contributed by atoms with Crippen molar-refractivity contribution in [3.63, 3.8) is 0 Å². The van der Waals surface area contributed by atoms with Crippen molar-refractivity contribution >= 4 is 5.91 Å². The fraction of sp³-hybridized carbons (Fsp3) is 0.750. The summed E-state index contributed by atoms with van der Waals surface area (Å²) >= 11 is 0. The van der Waals surface area contributed by atoms with Gasteiger partial charge in [0.25, 0.3) is 0 Å². The highest BCUT2D eigenvalue weighted by atomic mass is 16.5. The van der Waals surface area contributed by atoms with Crippen molar-refractivity contribution in [2.24, 2.45) is 11.1 Å². The van der Waals surface area contributed by atoms with Crippen molar-refractivity contribution in [1.82, 2.24) is 4.90 Å². The molecule has 0 aromatic heterocycles. The normalized spacial score (nSPS) is 22.9. The third-order valence-electron chi connectivity index (χ3n) is 3.62. The molecule has 1 heterocycles. The zero-order chi connectivity index (χ0) is 11.6. The highest BCUT2D eigenvalue weighted by molar-refractivity contribution is 5.86. The number of rotatable bonds is 4. The molecular formula is C12H20N2O2. The van der Waals surface area contributed by atoms with Crippen molar-refractivity contribution in [3.8, 4) is 0 Å². The molecule has 0 bridgehead atoms. The molecule has 2 N–H and O–H groups in total. The van der Waals surface area contributed by atoms with Gasteiger partial charge in [-0.05, 0) is 24.8 Å². The summed E-state index contributed by atoms with van der Waals surface area (Å²) in [6.45, 7) is 2.72. The molecule has 0 unspecified atom stereocenters. The summed E-state index contributed by atoms with van der Waals surface area (Å²) in [6, 6.07) is 0. The zero-order valence-corrected chi connectivity index (χ0v) is 9.87. The maximum absolute atomic E-state index is 12.2. The monoisotopic (exact) mass is 224 g/mol. The predicted octanol–water partition coefficient (Wildman–Crippen LogP) is 0.530. The number of carbonyl (C=O) groups excluding carboxylic acids is 1. The second kappa shape index (κ2) is 4.55. The average molecular weight is 224 g/mol. The van der Waals surface area contributed by atoms with Crippen LogP contribution in [-0.4, -0.2) is 44.2 Å². The predicted molar refractivity (Wildman–Crippen MR) is 61.9 cm³/mol. The van der Waals surface area contributed by atoms with Gasteiger partial charge in [0.05, 0.1) is 12.0 Å². The molecule has 0 spiro atoms. The van der Waals surface area contributed by atoms with Gasteiger partial charge >= 0.3 is 0 Å². The molecule has 2 rings (SSSR count). The Labute approximate surface area is 96.4 Å². The molecule has 1 amide bonds. The smallest absolute Gasteiger partial charge is 0.230 e. The summed E-state index contributed by atoms with van der Waals surface area (Å²) < 4.78 is 5.09. The van der Waals surface area contributed by atoms with Crippen LogP contribution < -0.4 is 5.73 Å². The number of methoxy groups -OCH3 is 1. The van der Waals surface area contributed by atoms with E-state index >= 15 is 0 Å². The molecule has 0 atom stereocenters. The molecular weight excluding hydrogens is 204 g/mol. The largest absolute Gasteiger partial charge is 0.380 e. The number of hydrogen-bond donors (Lipinski definition) is 1. The SMILES string of the molecule is COCC1=CCN(C(=O)C2(CN)CC2)CC1. The number of nitrogens with zero attached hydrogens (tertiary/aromatic N) is 1. The highest BCUT2D eigenvalue weighted by Crippen LogP contribution is 2.46. The van der Waals surface area contributed by atoms with Gasteiger partial charge in [-0.15, -0.1) is 0 Å². The van der Waals surface area contributed by atoms with E-state index in [9.17, 15) is 4.79 Å². The summed E-state index contributed by atoms with van der Waals surface area (Å²) in [5.41, 5.74) is 6.76. The topological polar surface area (TPSA) is 55.6 Å². The van der Waals surface area contributed by atoms with E-state index in [1.54, 1.807) is 7.11 Å². The van der Waals surface area contributed by atoms with Crippen LogP contribution in [0.25, 0.3) is 0 Å². The lowest BCUT2D eigenvalue weighted by molar-refractivity contribution is -0.136. The molecule has 1 aliphatic carbocycles. The van der Waals surface area contributed by atoms with Crippen LogP contribution in [0, 0.1) is 5.41 Å². The van der Waals surface area contributed by atoms with Crippen LogP contribution in [0.4, 0.5) is 0 Å². The first-order chi connectivity index (χ1) is 7.72. The van der Waals surface area contributed by atoms with Crippen molar-refractivity contribution in [2.75, 3.05) is 33.4 Å². The summed E-state index contributed by atoms with van der Waals surface area (Å²) in [5, 5.41) is 0. The van der Waals surface area contributed by atoms with Gasteiger partial charge in [-0.1, -0.05) is 6.08 Å². The molecule has 0 aromatic rings. The summed E-state index contributed by atoms with van der Waals surface area (Å²) in [5.74, 6) is 0.253. The summed E-state index contributed by atoms with van der Waals surface area (Å²) in [6.07, 6.45) is 4.97. The molecule has 0 aromatic carbocycles. The molecule has 1 saturated carbocycles. The molecule has 16 heavy (non-hydrogen) atoms. The van der Waals surface area contributed by atoms with Gasteiger partial charge in [-0.2, -0.15) is 0 Å². The maximum atomic E-state index is 12.2. The standard InChI is InChI=1S/C12H20N2O2/c1-16-8-10-2-6-14(7-3-10)11(15)12(9-13)4-5-12/h2H,3-9,13H2,1H3. The Kier molecular flexibility index (Phi) is 3.30. The second-order valence-electron chi connectivity index (χ2n) is 4.78. The third-order valence-corrected chi connectivity index (χ3v) is 3.62. The van der Waals surface area contributed by atoms with E-state index in [-0.39, 0.29) is 11.3 Å². The Bertz CT molecular complexity index is 308. The minimum atomic E-state index is -0.202. The van der Waals surface area contributed by atoms with Gasteiger partial charge in [0, 0.05) is 26.7 Å². The fourth-order valence-electron chi connectivity index (χ4n) is 2.20. The quantitative estimate of drug-likeness (QED) is 0.709. The lowest BCUT2D eigenvalue weighted by Gasteiger charge is -2.29. The van der Waals surface area contributed by atoms with E-state index in [4.69, 9.17) is 10.5 Å². The second-order valence-corrected chi connectivity index (χ2v) is 4.78. The van der Waals surface area contributed by atoms with Gasteiger partial charge in [0.15, 0.2) is 0 Å². The van der Waals surface area contributed by atoms with E-state index in [0.29, 0.717) is 13.2 Å². The lowest BCUT2D eigenvalue weighted by Crippen LogP contribution is -2.42. The van der Waals surface area contributed by atoms with E-state index in [0.717, 1.165) is 32.4 Å². The van der Waals surface area contributed by atoms with Crippen molar-refractivity contribution in [1.29, 1.82) is 0 Å². The van der Waals surface area contributed by atoms with Crippen LogP contribution >= 0.6 is 0 Å². The third kappa shape index (κ3) is 2.13. The van der Waals surface area contributed by atoms with Crippen molar-refractivity contribution in [3.05, 3.63) is 11.6 Å². The molecule has 4 nitrogen and oxygen atoms in total. The van der Waals surface area contributed by atoms with Crippen LogP contribution in [0.1, 0.15) is 19.3 Å². The summed E-state index contributed by atoms with van der Waals surface area (Å²) in [4.78, 5) is 14.1. The number of amides is 1. The maximum Gasteiger partial charge on any atom is 0.230 e. The molecule has 2 aliphatic rings. The molecule has 0 radical (unpaired) electrons. The molecule has 90 valence electrons. The van der Waals surface area contributed by atoms with Crippen LogP contribution in [0.15, 0.2) is 11.6 Å². The van der Waals surface area contributed by atoms with Crippen LogP contribution in [-0.2, 0) is 9.53 Å². The number of carbonyl (C=O) groups is 1. The number of nitrogens with two attached hydrogens (primary N) is 1. The zero-order valence-electron chi connectivity index (χ0n) is 9.87. The van der Waals surface area contributed by atoms with Crippen LogP contribution in [0.3, 0.4) is 0 Å². The first kappa shape index (κ1) is 11.6.